The van der Waals surface area contributed by atoms with Gasteiger partial charge in [-0.15, -0.1) is 6.58 Å². The molecular formula is C30H33F3O2. The number of fused-ring (bicyclic) bond motifs is 1. The Morgan fingerprint density at radius 2 is 1.71 bits per heavy atom. The molecule has 2 aliphatic carbocycles. The molecule has 2 aliphatic rings. The summed E-state index contributed by atoms with van der Waals surface area (Å²) >= 11 is 0. The van der Waals surface area contributed by atoms with Gasteiger partial charge in [0.05, 0.1) is 5.56 Å². The fourth-order valence-corrected chi connectivity index (χ4v) is 5.93. The first-order valence-corrected chi connectivity index (χ1v) is 12.6. The third-order valence-electron chi connectivity index (χ3n) is 7.72. The average molecular weight is 483 g/mol. The summed E-state index contributed by atoms with van der Waals surface area (Å²) in [6, 6.07) is 6.35. The van der Waals surface area contributed by atoms with E-state index in [1.807, 2.05) is 0 Å². The van der Waals surface area contributed by atoms with Gasteiger partial charge in [-0.3, -0.25) is 0 Å². The Morgan fingerprint density at radius 1 is 1.00 bits per heavy atom. The minimum atomic E-state index is -0.848. The topological polar surface area (TPSA) is 26.3 Å². The molecule has 0 saturated heterocycles. The van der Waals surface area contributed by atoms with Crippen molar-refractivity contribution < 1.29 is 22.7 Å². The standard InChI is InChI=1S/C30H33F3O2/c1-3-5-7-26-28(32)17-24(18-29(26)33)35-30(34)23-12-13-25(27(31)16-23)22-11-10-20-14-19(6-4-2)8-9-21(20)15-22/h3-4,6,12-13,16-22H,1,5,7-11,14-15H2,2H3/b6-4+. The molecule has 2 fully saturated rings. The van der Waals surface area contributed by atoms with Crippen LogP contribution < -0.4 is 4.74 Å². The summed E-state index contributed by atoms with van der Waals surface area (Å²) in [5.74, 6) is -0.944. The lowest BCUT2D eigenvalue weighted by atomic mass is 9.64. The van der Waals surface area contributed by atoms with Crippen LogP contribution >= 0.6 is 0 Å². The van der Waals surface area contributed by atoms with Gasteiger partial charge in [-0.05, 0) is 99.7 Å². The Hall–Kier alpha value is -2.82. The van der Waals surface area contributed by atoms with Crippen LogP contribution in [-0.4, -0.2) is 5.97 Å². The normalized spacial score (nSPS) is 24.2. The lowest BCUT2D eigenvalue weighted by Crippen LogP contribution is -2.30. The maximum absolute atomic E-state index is 15.1. The average Bonchev–Trinajstić information content (AvgIpc) is 2.83. The first-order chi connectivity index (χ1) is 16.9. The monoisotopic (exact) mass is 482 g/mol. The minimum Gasteiger partial charge on any atom is -0.423 e. The number of hydrogen-bond donors (Lipinski definition) is 0. The van der Waals surface area contributed by atoms with E-state index in [1.54, 1.807) is 18.2 Å². The van der Waals surface area contributed by atoms with Crippen molar-refractivity contribution in [3.05, 3.63) is 89.3 Å². The molecule has 2 aromatic carbocycles. The second-order valence-corrected chi connectivity index (χ2v) is 9.95. The Morgan fingerprint density at radius 3 is 2.40 bits per heavy atom. The number of allylic oxidation sites excluding steroid dienone is 3. The summed E-state index contributed by atoms with van der Waals surface area (Å²) in [6.07, 6.45) is 13.3. The van der Waals surface area contributed by atoms with E-state index in [9.17, 15) is 13.6 Å². The molecule has 0 bridgehead atoms. The largest absolute Gasteiger partial charge is 0.423 e. The number of carbonyl (C=O) groups excluding carboxylic acids is 1. The van der Waals surface area contributed by atoms with E-state index < -0.39 is 23.4 Å². The summed E-state index contributed by atoms with van der Waals surface area (Å²) in [7, 11) is 0. The predicted molar refractivity (Wildman–Crippen MR) is 132 cm³/mol. The van der Waals surface area contributed by atoms with Gasteiger partial charge in [0.2, 0.25) is 0 Å². The van der Waals surface area contributed by atoms with Gasteiger partial charge in [-0.2, -0.15) is 0 Å². The summed E-state index contributed by atoms with van der Waals surface area (Å²) in [5, 5.41) is 0. The molecule has 0 heterocycles. The van der Waals surface area contributed by atoms with Crippen LogP contribution in [0.25, 0.3) is 0 Å². The highest BCUT2D eigenvalue weighted by Crippen LogP contribution is 2.48. The SMILES string of the molecule is C=CCCc1c(F)cc(OC(=O)c2ccc(C3CCC4CC(/C=C/C)CCC4C3)c(F)c2)cc1F. The molecule has 2 nitrogen and oxygen atoms in total. The molecule has 0 aliphatic heterocycles. The highest BCUT2D eigenvalue weighted by molar-refractivity contribution is 5.91. The maximum atomic E-state index is 15.1. The predicted octanol–water partition coefficient (Wildman–Crippen LogP) is 8.32. The van der Waals surface area contributed by atoms with Crippen molar-refractivity contribution >= 4 is 5.97 Å². The summed E-state index contributed by atoms with van der Waals surface area (Å²) < 4.78 is 48.7. The molecule has 5 heteroatoms. The number of halogens is 3. The summed E-state index contributed by atoms with van der Waals surface area (Å²) in [5.41, 5.74) is 0.577. The van der Waals surface area contributed by atoms with Crippen molar-refractivity contribution in [1.82, 2.24) is 0 Å². The van der Waals surface area contributed by atoms with Crippen LogP contribution in [0, 0.1) is 35.2 Å². The quantitative estimate of drug-likeness (QED) is 0.225. The molecule has 0 aromatic heterocycles. The van der Waals surface area contributed by atoms with Crippen molar-refractivity contribution in [2.75, 3.05) is 0 Å². The van der Waals surface area contributed by atoms with Crippen LogP contribution in [0.4, 0.5) is 13.2 Å². The Balaban J connectivity index is 1.41. The van der Waals surface area contributed by atoms with Crippen molar-refractivity contribution in [1.29, 1.82) is 0 Å². The highest BCUT2D eigenvalue weighted by atomic mass is 19.1. The molecule has 4 unspecified atom stereocenters. The second-order valence-electron chi connectivity index (χ2n) is 9.95. The van der Waals surface area contributed by atoms with Crippen molar-refractivity contribution in [3.63, 3.8) is 0 Å². The van der Waals surface area contributed by atoms with E-state index in [0.29, 0.717) is 29.7 Å². The van der Waals surface area contributed by atoms with Gasteiger partial charge in [0.1, 0.15) is 23.2 Å². The number of hydrogen-bond acceptors (Lipinski definition) is 2. The van der Waals surface area contributed by atoms with E-state index in [-0.39, 0.29) is 29.2 Å². The zero-order chi connectivity index (χ0) is 24.9. The van der Waals surface area contributed by atoms with Gasteiger partial charge >= 0.3 is 5.97 Å². The highest BCUT2D eigenvalue weighted by Gasteiger charge is 2.36. The van der Waals surface area contributed by atoms with Crippen molar-refractivity contribution in [3.8, 4) is 5.75 Å². The smallest absolute Gasteiger partial charge is 0.343 e. The lowest BCUT2D eigenvalue weighted by molar-refractivity contribution is 0.0733. The van der Waals surface area contributed by atoms with E-state index in [2.05, 4.69) is 25.7 Å². The third kappa shape index (κ3) is 5.88. The van der Waals surface area contributed by atoms with Crippen LogP contribution in [0.15, 0.2) is 55.1 Å². The molecule has 0 radical (unpaired) electrons. The van der Waals surface area contributed by atoms with Crippen LogP contribution in [0.1, 0.15) is 79.3 Å². The van der Waals surface area contributed by atoms with E-state index in [1.165, 1.54) is 25.3 Å². The van der Waals surface area contributed by atoms with Gasteiger partial charge in [0.25, 0.3) is 0 Å². The molecular weight excluding hydrogens is 449 g/mol. The fraction of sp³-hybridized carbons (Fsp3) is 0.433. The number of benzene rings is 2. The zero-order valence-corrected chi connectivity index (χ0v) is 20.2. The van der Waals surface area contributed by atoms with Crippen LogP contribution in [0.3, 0.4) is 0 Å². The lowest BCUT2D eigenvalue weighted by Gasteiger charge is -2.41. The molecule has 0 N–H and O–H groups in total. The van der Waals surface area contributed by atoms with Crippen LogP contribution in [0.2, 0.25) is 0 Å². The first-order valence-electron chi connectivity index (χ1n) is 12.6. The van der Waals surface area contributed by atoms with Crippen molar-refractivity contribution in [2.24, 2.45) is 17.8 Å². The van der Waals surface area contributed by atoms with Crippen LogP contribution in [-0.2, 0) is 6.42 Å². The molecule has 0 amide bonds. The minimum absolute atomic E-state index is 0.0170. The van der Waals surface area contributed by atoms with E-state index in [4.69, 9.17) is 4.74 Å². The Labute approximate surface area is 205 Å². The summed E-state index contributed by atoms with van der Waals surface area (Å²) in [4.78, 5) is 12.6. The second kappa shape index (κ2) is 11.3. The number of rotatable bonds is 7. The van der Waals surface area contributed by atoms with E-state index >= 15 is 4.39 Å². The molecule has 0 spiro atoms. The van der Waals surface area contributed by atoms with Gasteiger partial charge in [-0.25, -0.2) is 18.0 Å². The third-order valence-corrected chi connectivity index (χ3v) is 7.72. The zero-order valence-electron chi connectivity index (χ0n) is 20.2. The molecule has 4 rings (SSSR count). The molecule has 186 valence electrons. The number of ether oxygens (including phenoxy) is 1. The molecule has 4 atom stereocenters. The van der Waals surface area contributed by atoms with Gasteiger partial charge in [0.15, 0.2) is 0 Å². The summed E-state index contributed by atoms with van der Waals surface area (Å²) in [6.45, 7) is 5.62. The Bertz CT molecular complexity index is 1080. The number of esters is 1. The van der Waals surface area contributed by atoms with Crippen molar-refractivity contribution in [2.45, 2.75) is 64.2 Å². The fourth-order valence-electron chi connectivity index (χ4n) is 5.93. The van der Waals surface area contributed by atoms with Crippen LogP contribution in [0.5, 0.6) is 5.75 Å². The Kier molecular flexibility index (Phi) is 8.15. The molecule has 35 heavy (non-hydrogen) atoms. The molecule has 2 aromatic rings. The van der Waals surface area contributed by atoms with Gasteiger partial charge < -0.3 is 4.74 Å². The van der Waals surface area contributed by atoms with E-state index in [0.717, 1.165) is 31.4 Å². The number of carbonyl (C=O) groups is 1. The molecule has 2 saturated carbocycles. The van der Waals surface area contributed by atoms with Gasteiger partial charge in [-0.1, -0.05) is 24.3 Å². The van der Waals surface area contributed by atoms with Gasteiger partial charge in [0, 0.05) is 17.7 Å². The first kappa shape index (κ1) is 25.3. The maximum Gasteiger partial charge on any atom is 0.343 e.